The number of pyridine rings is 1. The van der Waals surface area contributed by atoms with Crippen LogP contribution in [-0.4, -0.2) is 10.1 Å². The molecule has 1 heterocycles. The lowest BCUT2D eigenvalue weighted by molar-refractivity contribution is 0.142. The van der Waals surface area contributed by atoms with Crippen LogP contribution in [0.1, 0.15) is 17.7 Å². The molecule has 1 rings (SSSR count). The van der Waals surface area contributed by atoms with Crippen molar-refractivity contribution in [1.82, 2.24) is 4.98 Å². The maximum atomic E-state index is 12.6. The third kappa shape index (κ3) is 1.54. The lowest BCUT2D eigenvalue weighted by Gasteiger charge is -2.04. The zero-order valence-electron chi connectivity index (χ0n) is 6.13. The standard InChI is InChI=1S/C7H3F3N2O/c8-3-2-12-4(1-11)6(13)5(3)7(9)10/h2,7,13H. The molecular weight excluding hydrogens is 185 g/mol. The number of aromatic hydroxyl groups is 1. The fraction of sp³-hybridized carbons (Fsp3) is 0.143. The molecule has 0 amide bonds. The van der Waals surface area contributed by atoms with E-state index in [0.717, 1.165) is 0 Å². The molecule has 0 aliphatic rings. The molecule has 1 aromatic rings. The highest BCUT2D eigenvalue weighted by atomic mass is 19.3. The van der Waals surface area contributed by atoms with Crippen molar-refractivity contribution in [3.63, 3.8) is 0 Å². The molecule has 0 aliphatic heterocycles. The molecule has 0 aliphatic carbocycles. The molecule has 6 heteroatoms. The predicted molar refractivity (Wildman–Crippen MR) is 35.5 cm³/mol. The first-order valence-corrected chi connectivity index (χ1v) is 3.13. The molecule has 1 N–H and O–H groups in total. The van der Waals surface area contributed by atoms with Crippen molar-refractivity contribution < 1.29 is 18.3 Å². The van der Waals surface area contributed by atoms with E-state index in [4.69, 9.17) is 10.4 Å². The van der Waals surface area contributed by atoms with E-state index in [0.29, 0.717) is 6.20 Å². The zero-order valence-corrected chi connectivity index (χ0v) is 6.13. The minimum Gasteiger partial charge on any atom is -0.504 e. The number of rotatable bonds is 1. The molecular formula is C7H3F3N2O. The third-order valence-corrected chi connectivity index (χ3v) is 1.37. The van der Waals surface area contributed by atoms with Gasteiger partial charge in [-0.2, -0.15) is 5.26 Å². The van der Waals surface area contributed by atoms with Crippen molar-refractivity contribution in [2.75, 3.05) is 0 Å². The van der Waals surface area contributed by atoms with E-state index in [-0.39, 0.29) is 0 Å². The Morgan fingerprint density at radius 2 is 2.15 bits per heavy atom. The topological polar surface area (TPSA) is 56.9 Å². The first kappa shape index (κ1) is 9.32. The van der Waals surface area contributed by atoms with E-state index in [9.17, 15) is 13.2 Å². The molecule has 0 spiro atoms. The highest BCUT2D eigenvalue weighted by Crippen LogP contribution is 2.31. The Kier molecular flexibility index (Phi) is 2.37. The Balaban J connectivity index is 3.41. The normalized spacial score (nSPS) is 10.1. The summed E-state index contributed by atoms with van der Waals surface area (Å²) in [7, 11) is 0. The molecule has 0 saturated carbocycles. The average Bonchev–Trinajstić information content (AvgIpc) is 2.04. The first-order chi connectivity index (χ1) is 6.07. The van der Waals surface area contributed by atoms with Crippen LogP contribution in [-0.2, 0) is 0 Å². The van der Waals surface area contributed by atoms with E-state index in [2.05, 4.69) is 4.98 Å². The van der Waals surface area contributed by atoms with Gasteiger partial charge in [-0.15, -0.1) is 0 Å². The summed E-state index contributed by atoms with van der Waals surface area (Å²) >= 11 is 0. The second-order valence-corrected chi connectivity index (χ2v) is 2.13. The van der Waals surface area contributed by atoms with Gasteiger partial charge in [0.15, 0.2) is 17.3 Å². The molecule has 68 valence electrons. The van der Waals surface area contributed by atoms with Gasteiger partial charge in [0.25, 0.3) is 6.43 Å². The summed E-state index contributed by atoms with van der Waals surface area (Å²) in [6, 6.07) is 1.36. The second-order valence-electron chi connectivity index (χ2n) is 2.13. The number of nitrogens with zero attached hydrogens (tertiary/aromatic N) is 2. The molecule has 0 unspecified atom stereocenters. The van der Waals surface area contributed by atoms with Gasteiger partial charge in [0, 0.05) is 0 Å². The smallest absolute Gasteiger partial charge is 0.270 e. The van der Waals surface area contributed by atoms with Crippen molar-refractivity contribution in [2.45, 2.75) is 6.43 Å². The van der Waals surface area contributed by atoms with Gasteiger partial charge in [0.05, 0.1) is 11.8 Å². The van der Waals surface area contributed by atoms with Crippen molar-refractivity contribution in [3.05, 3.63) is 23.3 Å². The fourth-order valence-electron chi connectivity index (χ4n) is 0.782. The van der Waals surface area contributed by atoms with Gasteiger partial charge in [-0.3, -0.25) is 0 Å². The van der Waals surface area contributed by atoms with Gasteiger partial charge < -0.3 is 5.11 Å². The van der Waals surface area contributed by atoms with Gasteiger partial charge in [-0.05, 0) is 0 Å². The van der Waals surface area contributed by atoms with E-state index < -0.39 is 29.2 Å². The molecule has 0 saturated heterocycles. The number of alkyl halides is 2. The molecule has 3 nitrogen and oxygen atoms in total. The van der Waals surface area contributed by atoms with Crippen LogP contribution in [0.5, 0.6) is 5.75 Å². The number of hydrogen-bond donors (Lipinski definition) is 1. The van der Waals surface area contributed by atoms with Crippen molar-refractivity contribution in [1.29, 1.82) is 5.26 Å². The summed E-state index contributed by atoms with van der Waals surface area (Å²) in [5.74, 6) is -2.43. The van der Waals surface area contributed by atoms with Crippen LogP contribution in [0.15, 0.2) is 6.20 Å². The van der Waals surface area contributed by atoms with Gasteiger partial charge >= 0.3 is 0 Å². The highest BCUT2D eigenvalue weighted by Gasteiger charge is 2.21. The Labute approximate surface area is 71.1 Å². The predicted octanol–water partition coefficient (Wildman–Crippen LogP) is 1.74. The monoisotopic (exact) mass is 188 g/mol. The van der Waals surface area contributed by atoms with Crippen LogP contribution in [0.25, 0.3) is 0 Å². The van der Waals surface area contributed by atoms with Gasteiger partial charge in [-0.1, -0.05) is 0 Å². The molecule has 1 aromatic heterocycles. The van der Waals surface area contributed by atoms with E-state index in [1.807, 2.05) is 0 Å². The summed E-state index contributed by atoms with van der Waals surface area (Å²) in [5.41, 5.74) is -1.80. The highest BCUT2D eigenvalue weighted by molar-refractivity contribution is 5.43. The second kappa shape index (κ2) is 3.31. The first-order valence-electron chi connectivity index (χ1n) is 3.13. The Morgan fingerprint density at radius 1 is 1.54 bits per heavy atom. The van der Waals surface area contributed by atoms with Gasteiger partial charge in [0.1, 0.15) is 6.07 Å². The molecule has 0 fully saturated rings. The quantitative estimate of drug-likeness (QED) is 0.730. The molecule has 0 radical (unpaired) electrons. The molecule has 0 bridgehead atoms. The molecule has 0 atom stereocenters. The number of nitriles is 1. The minimum absolute atomic E-state index is 0.472. The fourth-order valence-corrected chi connectivity index (χ4v) is 0.782. The summed E-state index contributed by atoms with van der Waals surface area (Å²) in [5, 5.41) is 17.2. The summed E-state index contributed by atoms with van der Waals surface area (Å²) in [4.78, 5) is 3.12. The van der Waals surface area contributed by atoms with E-state index in [1.165, 1.54) is 6.07 Å². The van der Waals surface area contributed by atoms with Crippen LogP contribution in [0.3, 0.4) is 0 Å². The molecule has 13 heavy (non-hydrogen) atoms. The SMILES string of the molecule is N#Cc1ncc(F)c(C(F)F)c1O. The maximum Gasteiger partial charge on any atom is 0.270 e. The van der Waals surface area contributed by atoms with Crippen molar-refractivity contribution >= 4 is 0 Å². The Bertz CT molecular complexity index is 373. The third-order valence-electron chi connectivity index (χ3n) is 1.37. The van der Waals surface area contributed by atoms with Crippen LogP contribution in [0, 0.1) is 17.1 Å². The summed E-state index contributed by atoms with van der Waals surface area (Å²) < 4.78 is 36.7. The zero-order chi connectivity index (χ0) is 10.0. The molecule has 0 aromatic carbocycles. The number of halogens is 3. The van der Waals surface area contributed by atoms with Crippen LogP contribution in [0.4, 0.5) is 13.2 Å². The van der Waals surface area contributed by atoms with Gasteiger partial charge in [-0.25, -0.2) is 18.2 Å². The number of aromatic nitrogens is 1. The van der Waals surface area contributed by atoms with E-state index in [1.54, 1.807) is 0 Å². The lowest BCUT2D eigenvalue weighted by atomic mass is 10.2. The van der Waals surface area contributed by atoms with Gasteiger partial charge in [0.2, 0.25) is 0 Å². The van der Waals surface area contributed by atoms with Crippen LogP contribution >= 0.6 is 0 Å². The van der Waals surface area contributed by atoms with E-state index >= 15 is 0 Å². The van der Waals surface area contributed by atoms with Crippen molar-refractivity contribution in [3.8, 4) is 11.8 Å². The largest absolute Gasteiger partial charge is 0.504 e. The Hall–Kier alpha value is -1.77. The summed E-state index contributed by atoms with van der Waals surface area (Å²) in [6.45, 7) is 0. The lowest BCUT2D eigenvalue weighted by Crippen LogP contribution is -1.96. The van der Waals surface area contributed by atoms with Crippen LogP contribution < -0.4 is 0 Å². The van der Waals surface area contributed by atoms with Crippen molar-refractivity contribution in [2.24, 2.45) is 0 Å². The average molecular weight is 188 g/mol. The minimum atomic E-state index is -3.17. The summed E-state index contributed by atoms with van der Waals surface area (Å²) in [6.07, 6.45) is -2.70. The number of hydrogen-bond acceptors (Lipinski definition) is 3. The maximum absolute atomic E-state index is 12.6. The van der Waals surface area contributed by atoms with Crippen LogP contribution in [0.2, 0.25) is 0 Å². The Morgan fingerprint density at radius 3 is 2.62 bits per heavy atom.